The Kier molecular flexibility index (Phi) is 10.1. The number of nitrogens with two attached hydrogens (primary N) is 1. The lowest BCUT2D eigenvalue weighted by Crippen LogP contribution is -2.52. The topological polar surface area (TPSA) is 173 Å². The summed E-state index contributed by atoms with van der Waals surface area (Å²) in [6, 6.07) is 23.2. The van der Waals surface area contributed by atoms with Crippen molar-refractivity contribution in [3.05, 3.63) is 101 Å². The van der Waals surface area contributed by atoms with Crippen molar-refractivity contribution in [1.29, 1.82) is 5.41 Å². The van der Waals surface area contributed by atoms with Crippen LogP contribution >= 0.6 is 0 Å². The zero-order chi connectivity index (χ0) is 39.0. The molecule has 9 rings (SSSR count). The number of nitrogens with one attached hydrogen (secondary N) is 3. The summed E-state index contributed by atoms with van der Waals surface area (Å²) in [5.74, 6) is 2.13. The van der Waals surface area contributed by atoms with E-state index < -0.39 is 6.04 Å². The van der Waals surface area contributed by atoms with Crippen molar-refractivity contribution in [2.24, 2.45) is 5.92 Å². The van der Waals surface area contributed by atoms with Gasteiger partial charge in [-0.3, -0.25) is 30.0 Å². The number of amides is 3. The highest BCUT2D eigenvalue weighted by Crippen LogP contribution is 2.34. The Morgan fingerprint density at radius 3 is 2.44 bits per heavy atom. The van der Waals surface area contributed by atoms with Crippen LogP contribution in [0.5, 0.6) is 11.5 Å². The van der Waals surface area contributed by atoms with Crippen molar-refractivity contribution in [2.75, 3.05) is 61.8 Å². The lowest BCUT2D eigenvalue weighted by Gasteiger charge is -2.43. The Bertz CT molecular complexity index is 2170. The van der Waals surface area contributed by atoms with E-state index in [2.05, 4.69) is 41.4 Å². The summed E-state index contributed by atoms with van der Waals surface area (Å²) in [4.78, 5) is 55.2. The molecule has 57 heavy (non-hydrogen) atoms. The van der Waals surface area contributed by atoms with E-state index >= 15 is 0 Å². The van der Waals surface area contributed by atoms with Crippen molar-refractivity contribution >= 4 is 40.8 Å². The van der Waals surface area contributed by atoms with Gasteiger partial charge in [-0.25, -0.2) is 9.97 Å². The molecule has 4 saturated heterocycles. The number of nitrogens with zero attached hydrogens (tertiary/aromatic N) is 6. The molecular weight excluding hydrogens is 721 g/mol. The summed E-state index contributed by atoms with van der Waals surface area (Å²) >= 11 is 0. The molecule has 0 radical (unpaired) electrons. The number of benzene rings is 3. The van der Waals surface area contributed by atoms with Crippen LogP contribution in [0.25, 0.3) is 0 Å². The van der Waals surface area contributed by atoms with Crippen molar-refractivity contribution in [3.63, 3.8) is 0 Å². The maximum absolute atomic E-state index is 13.1. The van der Waals surface area contributed by atoms with Crippen molar-refractivity contribution in [1.82, 2.24) is 30.0 Å². The number of hydrogen-bond donors (Lipinski definition) is 4. The van der Waals surface area contributed by atoms with Crippen LogP contribution in [0.3, 0.4) is 0 Å². The molecule has 3 amide bonds. The molecule has 2 unspecified atom stereocenters. The minimum absolute atomic E-state index is 0.132. The van der Waals surface area contributed by atoms with Crippen molar-refractivity contribution < 1.29 is 19.1 Å². The van der Waals surface area contributed by atoms with Crippen LogP contribution in [0.4, 0.5) is 17.3 Å². The van der Waals surface area contributed by atoms with Gasteiger partial charge in [-0.15, -0.1) is 0 Å². The van der Waals surface area contributed by atoms with Gasteiger partial charge in [-0.2, -0.15) is 0 Å². The van der Waals surface area contributed by atoms with Crippen LogP contribution in [-0.4, -0.2) is 112 Å². The number of carbonyl (C=O) groups is 3. The molecule has 294 valence electrons. The quantitative estimate of drug-likeness (QED) is 0.128. The highest BCUT2D eigenvalue weighted by Gasteiger charge is 2.40. The SMILES string of the molecule is N=C(c1ccc(Oc2ccccc2)cc1)c1c(N)ncnc1NC1CCN(C2CCN(CC3CN(c4ccc5c(c4)CN(C4CCC(=O)NC4=O)C5=O)C3)C2)CC1. The predicted octanol–water partition coefficient (Wildman–Crippen LogP) is 4.12. The second kappa shape index (κ2) is 15.6. The number of aromatic nitrogens is 2. The van der Waals surface area contributed by atoms with Crippen molar-refractivity contribution in [3.8, 4) is 11.5 Å². The molecule has 0 aliphatic carbocycles. The maximum atomic E-state index is 13.1. The zero-order valence-electron chi connectivity index (χ0n) is 31.9. The molecule has 3 aromatic carbocycles. The van der Waals surface area contributed by atoms with Crippen LogP contribution in [0.15, 0.2) is 79.1 Å². The van der Waals surface area contributed by atoms with E-state index in [9.17, 15) is 14.4 Å². The standard InChI is InChI=1S/C43H48N10O4/c44-39(28-6-9-34(10-7-28)57-33-4-2-1-3-5-33)38-40(45)46-26-47-41(38)48-30-14-18-51(19-15-30)32-16-17-50(25-32)21-27-22-52(23-27)31-8-11-35-29(20-31)24-53(43(35)56)36-12-13-37(54)49-42(36)55/h1-11,20,26-27,30,32,36,44H,12-19,21-25H2,(H,49,54,55)(H3,45,46,47,48). The van der Waals surface area contributed by atoms with Crippen LogP contribution in [-0.2, 0) is 16.1 Å². The minimum atomic E-state index is -0.594. The molecule has 0 spiro atoms. The second-order valence-corrected chi connectivity index (χ2v) is 16.0. The van der Waals surface area contributed by atoms with Gasteiger partial charge in [0.15, 0.2) is 0 Å². The molecule has 1 aromatic heterocycles. The Morgan fingerprint density at radius 1 is 0.895 bits per heavy atom. The van der Waals surface area contributed by atoms with Crippen LogP contribution in [0.2, 0.25) is 0 Å². The second-order valence-electron chi connectivity index (χ2n) is 16.0. The van der Waals surface area contributed by atoms with Gasteiger partial charge in [0.1, 0.15) is 35.5 Å². The number of imide groups is 1. The Labute approximate surface area is 331 Å². The van der Waals surface area contributed by atoms with E-state index in [0.29, 0.717) is 53.2 Å². The first kappa shape index (κ1) is 36.8. The highest BCUT2D eigenvalue weighted by atomic mass is 16.5. The molecule has 14 nitrogen and oxygen atoms in total. The number of hydrogen-bond acceptors (Lipinski definition) is 12. The van der Waals surface area contributed by atoms with Gasteiger partial charge >= 0.3 is 0 Å². The van der Waals surface area contributed by atoms with Gasteiger partial charge < -0.3 is 30.5 Å². The molecule has 6 heterocycles. The lowest BCUT2D eigenvalue weighted by molar-refractivity contribution is -0.136. The Morgan fingerprint density at radius 2 is 1.67 bits per heavy atom. The summed E-state index contributed by atoms with van der Waals surface area (Å²) in [5.41, 5.74) is 10.6. The number of para-hydroxylation sites is 1. The van der Waals surface area contributed by atoms with E-state index in [1.807, 2.05) is 66.7 Å². The Balaban J connectivity index is 0.731. The number of nitrogen functional groups attached to an aromatic ring is 1. The fourth-order valence-electron chi connectivity index (χ4n) is 9.11. The van der Waals surface area contributed by atoms with Crippen LogP contribution < -0.4 is 26.0 Å². The molecular formula is C43H48N10O4. The minimum Gasteiger partial charge on any atom is -0.457 e. The van der Waals surface area contributed by atoms with E-state index in [1.165, 1.54) is 12.7 Å². The van der Waals surface area contributed by atoms with Gasteiger partial charge in [-0.1, -0.05) is 18.2 Å². The third-order valence-electron chi connectivity index (χ3n) is 12.2. The third kappa shape index (κ3) is 7.66. The van der Waals surface area contributed by atoms with Crippen LogP contribution in [0, 0.1) is 11.3 Å². The molecule has 0 saturated carbocycles. The van der Waals surface area contributed by atoms with Crippen LogP contribution in [0.1, 0.15) is 59.2 Å². The number of piperidine rings is 2. The third-order valence-corrected chi connectivity index (χ3v) is 12.2. The Hall–Kier alpha value is -5.86. The predicted molar refractivity (Wildman–Crippen MR) is 217 cm³/mol. The molecule has 5 N–H and O–H groups in total. The number of likely N-dealkylation sites (tertiary alicyclic amines) is 2. The highest BCUT2D eigenvalue weighted by molar-refractivity contribution is 6.16. The molecule has 14 heteroatoms. The molecule has 5 aliphatic heterocycles. The molecule has 0 bridgehead atoms. The van der Waals surface area contributed by atoms with Gasteiger partial charge in [0.2, 0.25) is 11.8 Å². The first-order valence-corrected chi connectivity index (χ1v) is 20.0. The van der Waals surface area contributed by atoms with E-state index in [1.54, 1.807) is 4.90 Å². The summed E-state index contributed by atoms with van der Waals surface area (Å²) in [5, 5.41) is 15.0. The number of anilines is 3. The van der Waals surface area contributed by atoms with E-state index in [0.717, 1.165) is 75.7 Å². The molecule has 5 aliphatic rings. The first-order chi connectivity index (χ1) is 27.8. The van der Waals surface area contributed by atoms with Gasteiger partial charge in [0, 0.05) is 87.0 Å². The number of ether oxygens (including phenoxy) is 1. The number of carbonyl (C=O) groups excluding carboxylic acids is 3. The monoisotopic (exact) mass is 768 g/mol. The van der Waals surface area contributed by atoms with E-state index in [4.69, 9.17) is 15.9 Å². The summed E-state index contributed by atoms with van der Waals surface area (Å²) in [6.07, 6.45) is 5.22. The maximum Gasteiger partial charge on any atom is 0.255 e. The molecule has 4 aromatic rings. The largest absolute Gasteiger partial charge is 0.457 e. The molecule has 2 atom stereocenters. The number of rotatable bonds is 11. The number of fused-ring (bicyclic) bond motifs is 1. The zero-order valence-corrected chi connectivity index (χ0v) is 31.9. The van der Waals surface area contributed by atoms with Crippen molar-refractivity contribution in [2.45, 2.75) is 56.8 Å². The van der Waals surface area contributed by atoms with Gasteiger partial charge in [-0.05, 0) is 92.4 Å². The van der Waals surface area contributed by atoms with E-state index in [-0.39, 0.29) is 41.7 Å². The van der Waals surface area contributed by atoms with Gasteiger partial charge in [0.05, 0.1) is 11.3 Å². The smallest absolute Gasteiger partial charge is 0.255 e. The van der Waals surface area contributed by atoms with Gasteiger partial charge in [0.25, 0.3) is 5.91 Å². The average molecular weight is 769 g/mol. The summed E-state index contributed by atoms with van der Waals surface area (Å²) in [6.45, 7) is 7.68. The fraction of sp³-hybridized carbons (Fsp3) is 0.395. The average Bonchev–Trinajstić information content (AvgIpc) is 3.81. The normalized spacial score (nSPS) is 22.0. The first-order valence-electron chi connectivity index (χ1n) is 20.0. The molecule has 4 fully saturated rings. The summed E-state index contributed by atoms with van der Waals surface area (Å²) < 4.78 is 5.93. The lowest BCUT2D eigenvalue weighted by atomic mass is 9.97. The summed E-state index contributed by atoms with van der Waals surface area (Å²) in [7, 11) is 0. The fourth-order valence-corrected chi connectivity index (χ4v) is 9.11.